The van der Waals surface area contributed by atoms with Crippen LogP contribution in [0.15, 0.2) is 0 Å². The first-order valence-electron chi connectivity index (χ1n) is 40.9. The van der Waals surface area contributed by atoms with Gasteiger partial charge in [0.1, 0.15) is 19.3 Å². The summed E-state index contributed by atoms with van der Waals surface area (Å²) in [6, 6.07) is 0. The van der Waals surface area contributed by atoms with Crippen LogP contribution in [0.5, 0.6) is 0 Å². The van der Waals surface area contributed by atoms with Gasteiger partial charge in [-0.3, -0.25) is 37.3 Å². The number of carbonyl (C=O) groups excluding carboxylic acids is 4. The highest BCUT2D eigenvalue weighted by atomic mass is 31.2. The maximum Gasteiger partial charge on any atom is 0.472 e. The fourth-order valence-electron chi connectivity index (χ4n) is 12.1. The van der Waals surface area contributed by atoms with Gasteiger partial charge in [0.05, 0.1) is 26.4 Å². The Labute approximate surface area is 600 Å². The Kier molecular flexibility index (Phi) is 68.1. The van der Waals surface area contributed by atoms with E-state index in [4.69, 9.17) is 37.0 Å². The molecular formula is C79H154O17P2. The molecule has 0 amide bonds. The molecule has 98 heavy (non-hydrogen) atoms. The number of aliphatic hydroxyl groups is 1. The molecule has 7 atom stereocenters. The van der Waals surface area contributed by atoms with Crippen molar-refractivity contribution in [3.8, 4) is 0 Å². The third-order valence-electron chi connectivity index (χ3n) is 19.1. The molecule has 0 rings (SSSR count). The summed E-state index contributed by atoms with van der Waals surface area (Å²) < 4.78 is 68.5. The summed E-state index contributed by atoms with van der Waals surface area (Å²) in [5.41, 5.74) is 0. The number of hydrogen-bond donors (Lipinski definition) is 3. The van der Waals surface area contributed by atoms with Crippen molar-refractivity contribution in [1.29, 1.82) is 0 Å². The number of ether oxygens (including phenoxy) is 4. The van der Waals surface area contributed by atoms with E-state index in [9.17, 15) is 43.2 Å². The molecule has 0 fully saturated rings. The third-order valence-corrected chi connectivity index (χ3v) is 21.0. The lowest BCUT2D eigenvalue weighted by molar-refractivity contribution is -0.161. The van der Waals surface area contributed by atoms with Crippen molar-refractivity contribution in [1.82, 2.24) is 0 Å². The van der Waals surface area contributed by atoms with Crippen molar-refractivity contribution in [3.05, 3.63) is 0 Å². The van der Waals surface area contributed by atoms with Crippen molar-refractivity contribution in [2.24, 2.45) is 17.8 Å². The van der Waals surface area contributed by atoms with Crippen LogP contribution in [0.4, 0.5) is 0 Å². The molecule has 4 unspecified atom stereocenters. The number of hydrogen-bond acceptors (Lipinski definition) is 15. The molecule has 0 aromatic rings. The SMILES string of the molecule is CCCCCCCCCCCC(=O)OC[C@H](COP(=O)(O)OC[C@H](O)COP(=O)(O)OC[C@@H](COC(=O)CCCCCCCCCCCCCCCCC(C)CC)OC(=O)CCCCCCCCCCCCCCCCCCCCC(C)CC)OC(=O)CCCCCCCCC(C)C. The molecule has 0 saturated heterocycles. The minimum atomic E-state index is -4.96. The van der Waals surface area contributed by atoms with E-state index < -0.39 is 97.5 Å². The topological polar surface area (TPSA) is 237 Å². The van der Waals surface area contributed by atoms with Gasteiger partial charge in [-0.2, -0.15) is 0 Å². The summed E-state index contributed by atoms with van der Waals surface area (Å²) in [6.07, 6.45) is 57.1. The fraction of sp³-hybridized carbons (Fsp3) is 0.949. The van der Waals surface area contributed by atoms with Gasteiger partial charge in [-0.25, -0.2) is 9.13 Å². The molecule has 19 heteroatoms. The summed E-state index contributed by atoms with van der Waals surface area (Å²) in [5, 5.41) is 10.6. The van der Waals surface area contributed by atoms with E-state index in [-0.39, 0.29) is 25.7 Å². The normalized spacial score (nSPS) is 14.6. The standard InChI is InChI=1S/C79H154O17P2/c1-8-11-12-13-14-31-38-46-53-60-76(81)89-67-75(96-79(84)63-56-49-42-41-43-50-57-70(4)5)69-94-98(87,88)92-65-73(80)64-91-97(85,86)93-68-74(66-90-77(82)61-54-47-39-34-29-25-22-21-24-28-33-37-45-52-59-72(7)10-3)95-78(83)62-55-48-40-35-30-26-20-18-16-15-17-19-23-27-32-36-44-51-58-71(6)9-2/h70-75,80H,8-69H2,1-7H3,(H,85,86)(H,87,88)/t71?,72?,73-,74-,75-/m1/s1. The molecule has 17 nitrogen and oxygen atoms in total. The van der Waals surface area contributed by atoms with Gasteiger partial charge in [0, 0.05) is 25.7 Å². The van der Waals surface area contributed by atoms with E-state index in [1.807, 2.05) is 0 Å². The van der Waals surface area contributed by atoms with Crippen LogP contribution in [0, 0.1) is 17.8 Å². The molecule has 0 saturated carbocycles. The number of carbonyl (C=O) groups is 4. The van der Waals surface area contributed by atoms with Crippen LogP contribution >= 0.6 is 15.6 Å². The van der Waals surface area contributed by atoms with Crippen molar-refractivity contribution in [3.63, 3.8) is 0 Å². The van der Waals surface area contributed by atoms with Crippen LogP contribution in [0.2, 0.25) is 0 Å². The largest absolute Gasteiger partial charge is 0.472 e. The third kappa shape index (κ3) is 69.8. The van der Waals surface area contributed by atoms with Gasteiger partial charge < -0.3 is 33.8 Å². The maximum atomic E-state index is 13.1. The Morgan fingerprint density at radius 1 is 0.296 bits per heavy atom. The zero-order chi connectivity index (χ0) is 72.3. The first kappa shape index (κ1) is 96.1. The van der Waals surface area contributed by atoms with E-state index in [1.54, 1.807) is 0 Å². The summed E-state index contributed by atoms with van der Waals surface area (Å²) in [7, 11) is -9.91. The maximum absolute atomic E-state index is 13.1. The Hall–Kier alpha value is -1.94. The zero-order valence-electron chi connectivity index (χ0n) is 64.3. The molecule has 0 radical (unpaired) electrons. The number of unbranched alkanes of at least 4 members (excludes halogenated alkanes) is 43. The molecule has 0 bridgehead atoms. The van der Waals surface area contributed by atoms with Gasteiger partial charge in [-0.1, -0.05) is 357 Å². The lowest BCUT2D eigenvalue weighted by Gasteiger charge is -2.21. The number of esters is 4. The summed E-state index contributed by atoms with van der Waals surface area (Å²) in [4.78, 5) is 72.8. The number of aliphatic hydroxyl groups excluding tert-OH is 1. The van der Waals surface area contributed by atoms with Crippen molar-refractivity contribution in [2.75, 3.05) is 39.6 Å². The molecule has 0 aliphatic rings. The van der Waals surface area contributed by atoms with Gasteiger partial charge in [-0.05, 0) is 43.4 Å². The Bertz CT molecular complexity index is 1910. The second-order valence-corrected chi connectivity index (χ2v) is 32.3. The Morgan fingerprint density at radius 2 is 0.520 bits per heavy atom. The highest BCUT2D eigenvalue weighted by molar-refractivity contribution is 7.47. The second kappa shape index (κ2) is 69.4. The van der Waals surface area contributed by atoms with E-state index >= 15 is 0 Å². The van der Waals surface area contributed by atoms with Gasteiger partial charge in [-0.15, -0.1) is 0 Å². The summed E-state index contributed by atoms with van der Waals surface area (Å²) in [6.45, 7) is 11.9. The summed E-state index contributed by atoms with van der Waals surface area (Å²) in [5.74, 6) is 0.270. The first-order chi connectivity index (χ1) is 47.3. The van der Waals surface area contributed by atoms with E-state index in [0.717, 1.165) is 102 Å². The van der Waals surface area contributed by atoms with Gasteiger partial charge in [0.2, 0.25) is 0 Å². The Balaban J connectivity index is 5.17. The molecule has 0 aliphatic heterocycles. The highest BCUT2D eigenvalue weighted by Gasteiger charge is 2.30. The highest BCUT2D eigenvalue weighted by Crippen LogP contribution is 2.45. The molecule has 582 valence electrons. The van der Waals surface area contributed by atoms with Crippen LogP contribution < -0.4 is 0 Å². The average molecular weight is 1440 g/mol. The van der Waals surface area contributed by atoms with E-state index in [0.29, 0.717) is 31.6 Å². The van der Waals surface area contributed by atoms with Gasteiger partial charge in [0.15, 0.2) is 12.2 Å². The lowest BCUT2D eigenvalue weighted by Crippen LogP contribution is -2.30. The number of rotatable bonds is 77. The Morgan fingerprint density at radius 3 is 0.776 bits per heavy atom. The molecule has 0 aromatic heterocycles. The average Bonchev–Trinajstić information content (AvgIpc) is 0.988. The second-order valence-electron chi connectivity index (χ2n) is 29.4. The van der Waals surface area contributed by atoms with Crippen LogP contribution in [-0.4, -0.2) is 96.7 Å². The van der Waals surface area contributed by atoms with Crippen molar-refractivity contribution in [2.45, 2.75) is 426 Å². The minimum absolute atomic E-state index is 0.102. The fourth-order valence-corrected chi connectivity index (χ4v) is 13.6. The molecule has 0 aromatic carbocycles. The number of phosphoric ester groups is 2. The van der Waals surface area contributed by atoms with Crippen molar-refractivity contribution < 1.29 is 80.2 Å². The van der Waals surface area contributed by atoms with Crippen LogP contribution in [0.25, 0.3) is 0 Å². The minimum Gasteiger partial charge on any atom is -0.462 e. The quantitative estimate of drug-likeness (QED) is 0.0222. The predicted molar refractivity (Wildman–Crippen MR) is 400 cm³/mol. The van der Waals surface area contributed by atoms with E-state index in [2.05, 4.69) is 48.5 Å². The number of phosphoric acid groups is 2. The molecule has 0 aliphatic carbocycles. The predicted octanol–water partition coefficient (Wildman–Crippen LogP) is 23.4. The van der Waals surface area contributed by atoms with Crippen LogP contribution in [0.1, 0.15) is 408 Å². The van der Waals surface area contributed by atoms with Gasteiger partial charge >= 0.3 is 39.5 Å². The molecule has 3 N–H and O–H groups in total. The molecule has 0 heterocycles. The van der Waals surface area contributed by atoms with Crippen LogP contribution in [-0.2, 0) is 65.4 Å². The van der Waals surface area contributed by atoms with E-state index in [1.165, 1.54) is 218 Å². The van der Waals surface area contributed by atoms with Gasteiger partial charge in [0.25, 0.3) is 0 Å². The molecular weight excluding hydrogens is 1280 g/mol. The lowest BCUT2D eigenvalue weighted by atomic mass is 9.99. The smallest absolute Gasteiger partial charge is 0.462 e. The van der Waals surface area contributed by atoms with Crippen LogP contribution in [0.3, 0.4) is 0 Å². The summed E-state index contributed by atoms with van der Waals surface area (Å²) >= 11 is 0. The monoisotopic (exact) mass is 1440 g/mol. The molecule has 0 spiro atoms. The zero-order valence-corrected chi connectivity index (χ0v) is 66.0. The first-order valence-corrected chi connectivity index (χ1v) is 43.9. The van der Waals surface area contributed by atoms with Crippen molar-refractivity contribution >= 4 is 39.5 Å².